The van der Waals surface area contributed by atoms with Crippen molar-refractivity contribution in [3.8, 4) is 0 Å². The first-order valence-electron chi connectivity index (χ1n) is 4.21. The van der Waals surface area contributed by atoms with Crippen LogP contribution in [-0.2, 0) is 0 Å². The summed E-state index contributed by atoms with van der Waals surface area (Å²) in [6.45, 7) is 7.01. The van der Waals surface area contributed by atoms with Crippen LogP contribution in [0, 0.1) is 0 Å². The molecule has 0 rings (SSSR count). The molecule has 0 radical (unpaired) electrons. The van der Waals surface area contributed by atoms with Gasteiger partial charge in [-0.15, -0.1) is 0 Å². The fourth-order valence-electron chi connectivity index (χ4n) is 0.698. The molecule has 0 fully saturated rings. The Hall–Kier alpha value is -0.920. The molecule has 1 unspecified atom stereocenters. The minimum Gasteiger partial charge on any atom is -0.259 e. The van der Waals surface area contributed by atoms with Gasteiger partial charge in [0.15, 0.2) is 0 Å². The molecule has 0 aliphatic rings. The Balaban J connectivity index is 4.02. The van der Waals surface area contributed by atoms with Crippen LogP contribution < -0.4 is 0 Å². The SMILES string of the molecule is C=CC(=N/C=C\CCC)C(C)F. The summed E-state index contributed by atoms with van der Waals surface area (Å²) in [6, 6.07) is 0. The molecule has 0 aromatic carbocycles. The van der Waals surface area contributed by atoms with E-state index in [4.69, 9.17) is 0 Å². The molecular weight excluding hydrogens is 153 g/mol. The van der Waals surface area contributed by atoms with E-state index in [0.717, 1.165) is 12.8 Å². The quantitative estimate of drug-likeness (QED) is 0.560. The normalized spacial score (nSPS) is 15.1. The van der Waals surface area contributed by atoms with E-state index in [2.05, 4.69) is 18.5 Å². The second-order valence-corrected chi connectivity index (χ2v) is 2.55. The van der Waals surface area contributed by atoms with Crippen molar-refractivity contribution in [1.29, 1.82) is 0 Å². The predicted molar refractivity (Wildman–Crippen MR) is 52.3 cm³/mol. The van der Waals surface area contributed by atoms with Crippen LogP contribution in [0.25, 0.3) is 0 Å². The van der Waals surface area contributed by atoms with E-state index in [1.807, 2.05) is 6.08 Å². The highest BCUT2D eigenvalue weighted by Crippen LogP contribution is 1.96. The van der Waals surface area contributed by atoms with E-state index in [0.29, 0.717) is 5.71 Å². The number of nitrogens with zero attached hydrogens (tertiary/aromatic N) is 1. The molecule has 0 bridgehead atoms. The zero-order valence-electron chi connectivity index (χ0n) is 7.76. The van der Waals surface area contributed by atoms with Gasteiger partial charge in [0.05, 0.1) is 5.71 Å². The van der Waals surface area contributed by atoms with Gasteiger partial charge in [0, 0.05) is 6.20 Å². The van der Waals surface area contributed by atoms with Crippen LogP contribution in [0.4, 0.5) is 4.39 Å². The van der Waals surface area contributed by atoms with Crippen LogP contribution in [0.15, 0.2) is 29.9 Å². The fourth-order valence-corrected chi connectivity index (χ4v) is 0.698. The molecule has 0 heterocycles. The summed E-state index contributed by atoms with van der Waals surface area (Å²) >= 11 is 0. The molecular formula is C10H16FN. The molecule has 1 atom stereocenters. The van der Waals surface area contributed by atoms with E-state index >= 15 is 0 Å². The zero-order chi connectivity index (χ0) is 9.40. The van der Waals surface area contributed by atoms with Crippen LogP contribution in [0.3, 0.4) is 0 Å². The number of halogens is 1. The molecule has 2 heteroatoms. The van der Waals surface area contributed by atoms with E-state index in [9.17, 15) is 4.39 Å². The molecule has 12 heavy (non-hydrogen) atoms. The number of allylic oxidation sites excluding steroid dienone is 2. The summed E-state index contributed by atoms with van der Waals surface area (Å²) in [5.74, 6) is 0. The average Bonchev–Trinajstić information content (AvgIpc) is 2.04. The maximum Gasteiger partial charge on any atom is 0.139 e. The third-order valence-corrected chi connectivity index (χ3v) is 1.40. The Bertz CT molecular complexity index is 180. The summed E-state index contributed by atoms with van der Waals surface area (Å²) in [5, 5.41) is 0. The van der Waals surface area contributed by atoms with Gasteiger partial charge in [-0.2, -0.15) is 0 Å². The lowest BCUT2D eigenvalue weighted by molar-refractivity contribution is 0.456. The van der Waals surface area contributed by atoms with Crippen molar-refractivity contribution in [2.24, 2.45) is 4.99 Å². The highest BCUT2D eigenvalue weighted by atomic mass is 19.1. The summed E-state index contributed by atoms with van der Waals surface area (Å²) in [5.41, 5.74) is 0.391. The van der Waals surface area contributed by atoms with Crippen molar-refractivity contribution >= 4 is 5.71 Å². The third kappa shape index (κ3) is 4.83. The van der Waals surface area contributed by atoms with Gasteiger partial charge >= 0.3 is 0 Å². The average molecular weight is 169 g/mol. The summed E-state index contributed by atoms with van der Waals surface area (Å²) < 4.78 is 12.6. The van der Waals surface area contributed by atoms with Gasteiger partial charge in [-0.05, 0) is 19.4 Å². The zero-order valence-corrected chi connectivity index (χ0v) is 7.76. The minimum absolute atomic E-state index is 0.391. The van der Waals surface area contributed by atoms with Crippen LogP contribution >= 0.6 is 0 Å². The van der Waals surface area contributed by atoms with E-state index in [1.165, 1.54) is 13.0 Å². The van der Waals surface area contributed by atoms with Crippen LogP contribution in [0.2, 0.25) is 0 Å². The third-order valence-electron chi connectivity index (χ3n) is 1.40. The largest absolute Gasteiger partial charge is 0.259 e. The van der Waals surface area contributed by atoms with Crippen LogP contribution in [0.1, 0.15) is 26.7 Å². The van der Waals surface area contributed by atoms with Gasteiger partial charge in [0.1, 0.15) is 6.17 Å². The number of unbranched alkanes of at least 4 members (excludes halogenated alkanes) is 1. The second-order valence-electron chi connectivity index (χ2n) is 2.55. The van der Waals surface area contributed by atoms with Crippen molar-refractivity contribution in [3.63, 3.8) is 0 Å². The van der Waals surface area contributed by atoms with Gasteiger partial charge in [0.25, 0.3) is 0 Å². The van der Waals surface area contributed by atoms with E-state index in [-0.39, 0.29) is 0 Å². The molecule has 0 saturated heterocycles. The first-order valence-corrected chi connectivity index (χ1v) is 4.21. The van der Waals surface area contributed by atoms with Gasteiger partial charge in [-0.1, -0.05) is 26.0 Å². The topological polar surface area (TPSA) is 12.4 Å². The maximum absolute atomic E-state index is 12.6. The number of alkyl halides is 1. The predicted octanol–water partition coefficient (Wildman–Crippen LogP) is 3.29. The molecule has 0 aliphatic heterocycles. The van der Waals surface area contributed by atoms with Crippen LogP contribution in [-0.4, -0.2) is 11.9 Å². The van der Waals surface area contributed by atoms with Crippen molar-refractivity contribution in [2.45, 2.75) is 32.9 Å². The summed E-state index contributed by atoms with van der Waals surface area (Å²) in [7, 11) is 0. The lowest BCUT2D eigenvalue weighted by atomic mass is 10.2. The fraction of sp³-hybridized carbons (Fsp3) is 0.500. The van der Waals surface area contributed by atoms with E-state index in [1.54, 1.807) is 6.20 Å². The Morgan fingerprint density at radius 2 is 2.33 bits per heavy atom. The molecule has 0 N–H and O–H groups in total. The van der Waals surface area contributed by atoms with Crippen molar-refractivity contribution in [3.05, 3.63) is 24.9 Å². The Labute approximate surface area is 73.7 Å². The summed E-state index contributed by atoms with van der Waals surface area (Å²) in [6.07, 6.45) is 6.03. The number of aliphatic imine (C=N–C) groups is 1. The minimum atomic E-state index is -1.03. The van der Waals surface area contributed by atoms with E-state index < -0.39 is 6.17 Å². The standard InChI is InChI=1S/C10H16FN/c1-4-6-7-8-12-10(5-2)9(3)11/h5,7-9H,2,4,6H2,1,3H3/b8-7-,12-10?. The maximum atomic E-state index is 12.6. The molecule has 0 aliphatic carbocycles. The van der Waals surface area contributed by atoms with Gasteiger partial charge in [-0.25, -0.2) is 4.39 Å². The Kier molecular flexibility index (Phi) is 6.25. The second kappa shape index (κ2) is 6.77. The van der Waals surface area contributed by atoms with Gasteiger partial charge in [-0.3, -0.25) is 4.99 Å². The molecule has 0 saturated carbocycles. The first kappa shape index (κ1) is 11.1. The molecule has 0 aromatic rings. The van der Waals surface area contributed by atoms with Crippen LogP contribution in [0.5, 0.6) is 0 Å². The number of rotatable bonds is 5. The number of hydrogen-bond acceptors (Lipinski definition) is 1. The smallest absolute Gasteiger partial charge is 0.139 e. The Morgan fingerprint density at radius 1 is 1.67 bits per heavy atom. The van der Waals surface area contributed by atoms with Crippen molar-refractivity contribution in [2.75, 3.05) is 0 Å². The molecule has 0 spiro atoms. The molecule has 0 amide bonds. The Morgan fingerprint density at radius 3 is 2.75 bits per heavy atom. The highest BCUT2D eigenvalue weighted by Gasteiger charge is 2.01. The molecule has 1 nitrogen and oxygen atoms in total. The van der Waals surface area contributed by atoms with Gasteiger partial charge in [0.2, 0.25) is 0 Å². The lowest BCUT2D eigenvalue weighted by Crippen LogP contribution is -2.06. The number of hydrogen-bond donors (Lipinski definition) is 0. The van der Waals surface area contributed by atoms with Crippen molar-refractivity contribution < 1.29 is 4.39 Å². The first-order chi connectivity index (χ1) is 5.72. The highest BCUT2D eigenvalue weighted by molar-refractivity contribution is 5.98. The van der Waals surface area contributed by atoms with Gasteiger partial charge < -0.3 is 0 Å². The lowest BCUT2D eigenvalue weighted by Gasteiger charge is -1.97. The summed E-state index contributed by atoms with van der Waals surface area (Å²) in [4.78, 5) is 3.92. The molecule has 0 aromatic heterocycles. The molecule has 68 valence electrons. The van der Waals surface area contributed by atoms with Crippen molar-refractivity contribution in [1.82, 2.24) is 0 Å². The monoisotopic (exact) mass is 169 g/mol.